The normalized spacial score (nSPS) is 30.8. The topological polar surface area (TPSA) is 206 Å². The first-order valence-corrected chi connectivity index (χ1v) is 25.9. The molecule has 2 amide bonds. The molecule has 7 aliphatic rings. The molecule has 5 N–H and O–H groups in total. The molecule has 2 aromatic rings. The van der Waals surface area contributed by atoms with Crippen molar-refractivity contribution in [1.82, 2.24) is 14.7 Å². The van der Waals surface area contributed by atoms with Gasteiger partial charge in [0.2, 0.25) is 0 Å². The van der Waals surface area contributed by atoms with Crippen LogP contribution in [0.5, 0.6) is 17.2 Å². The fraction of sp³-hybridized carbons (Fsp3) is 0.655. The minimum absolute atomic E-state index is 0.00221. The maximum absolute atomic E-state index is 14.9. The fourth-order valence-electron chi connectivity index (χ4n) is 11.9. The lowest BCUT2D eigenvalue weighted by Gasteiger charge is -2.47. The molecule has 3 saturated heterocycles. The van der Waals surface area contributed by atoms with E-state index in [0.29, 0.717) is 50.3 Å². The highest BCUT2D eigenvalue weighted by Crippen LogP contribution is 2.50. The van der Waals surface area contributed by atoms with Crippen molar-refractivity contribution >= 4 is 34.2 Å². The number of hydrogen-bond acceptors (Lipinski definition) is 14. The summed E-state index contributed by atoms with van der Waals surface area (Å²) in [6.07, 6.45) is 13.2. The van der Waals surface area contributed by atoms with Crippen LogP contribution >= 0.6 is 0 Å². The quantitative estimate of drug-likeness (QED) is 0.195. The number of phenolic OH excluding ortho intramolecular Hbond substituents is 2. The molecular formula is C55H80N6O10. The number of hydrogen-bond donors (Lipinski definition) is 5. The molecule has 16 nitrogen and oxygen atoms in total. The molecule has 5 bridgehead atoms. The van der Waals surface area contributed by atoms with Gasteiger partial charge in [-0.25, -0.2) is 4.79 Å². The van der Waals surface area contributed by atoms with Gasteiger partial charge < -0.3 is 54.7 Å². The third-order valence-electron chi connectivity index (χ3n) is 16.1. The van der Waals surface area contributed by atoms with E-state index >= 15 is 0 Å². The van der Waals surface area contributed by atoms with E-state index in [0.717, 1.165) is 65.5 Å². The zero-order valence-electron chi connectivity index (χ0n) is 44.0. The number of nitrogens with zero attached hydrogens (tertiary/aromatic N) is 5. The molecule has 71 heavy (non-hydrogen) atoms. The Labute approximate surface area is 419 Å². The summed E-state index contributed by atoms with van der Waals surface area (Å²) < 4.78 is 19.1. The number of anilines is 1. The maximum atomic E-state index is 14.9. The average Bonchev–Trinajstić information content (AvgIpc) is 3.84. The SMILES string of the molecule is C/C1=C/C=C/[C@H](C)C[C@@H](C)C(O)[C@@H](C)C(OC(=O)N2CCCC3(CCN(C)CC3)C2)[C@H](C)C/C=C/O[C@@]2(C)Oc3c(C)c(O)c4c(O)c(c5c(c4c3C2=O)=NC2(CCN(CC(C)C)CC2)N=5)NC1=O.CO. The monoisotopic (exact) mass is 985 g/mol. The Balaban J connectivity index is 0.00000366. The van der Waals surface area contributed by atoms with Crippen LogP contribution in [0.2, 0.25) is 0 Å². The van der Waals surface area contributed by atoms with Crippen LogP contribution in [-0.4, -0.2) is 137 Å². The summed E-state index contributed by atoms with van der Waals surface area (Å²) in [5, 5.41) is 46.7. The van der Waals surface area contributed by atoms with Crippen LogP contribution in [0.3, 0.4) is 0 Å². The van der Waals surface area contributed by atoms with Gasteiger partial charge in [-0.1, -0.05) is 59.8 Å². The third-order valence-corrected chi connectivity index (χ3v) is 16.1. The molecule has 9 rings (SSSR count). The van der Waals surface area contributed by atoms with E-state index in [9.17, 15) is 29.7 Å². The van der Waals surface area contributed by atoms with Gasteiger partial charge >= 0.3 is 11.9 Å². The number of ether oxygens (including phenoxy) is 3. The Hall–Kier alpha value is -5.03. The van der Waals surface area contributed by atoms with Gasteiger partial charge in [-0.3, -0.25) is 19.6 Å². The standard InChI is InChI=1S/C54H76N6O9.CH4O/c1-31(2)29-59-25-20-54(21-26-59)56-41-38-39-45(62)37(8)48-40(38)49(64)52(9,69-48)67-27-12-16-33(4)47(68-51(66)60-22-13-17-53(30-60)18-23-58(10)24-19-53)36(7)44(61)35(6)28-32(3)14-11-15-34(5)50(65)55-43(46(39)63)42(41)57-54;1-2/h11-12,14-15,27,31-33,35-36,44,47,61-63H,13,16-26,28-30H2,1-10H3,(H,55,65);2H,1H3/b14-11+,27-12+,34-15-;/t32-,33+,35+,36+,44?,47?,52-;/m0./s1. The summed E-state index contributed by atoms with van der Waals surface area (Å²) in [6.45, 7) is 22.9. The Bertz CT molecular complexity index is 2560. The number of aliphatic hydroxyl groups is 2. The second-order valence-electron chi connectivity index (χ2n) is 22.2. The van der Waals surface area contributed by atoms with Crippen molar-refractivity contribution in [2.45, 2.75) is 137 Å². The van der Waals surface area contributed by atoms with Crippen molar-refractivity contribution < 1.29 is 49.0 Å². The number of likely N-dealkylation sites (tertiary alicyclic amines) is 3. The molecule has 7 atom stereocenters. The lowest BCUT2D eigenvalue weighted by Crippen LogP contribution is -2.52. The second kappa shape index (κ2) is 21.6. The molecule has 0 saturated carbocycles. The number of ketones is 1. The molecule has 16 heteroatoms. The Morgan fingerprint density at radius 1 is 0.930 bits per heavy atom. The molecule has 0 radical (unpaired) electrons. The number of rotatable bonds is 3. The molecule has 2 unspecified atom stereocenters. The van der Waals surface area contributed by atoms with Crippen molar-refractivity contribution in [2.24, 2.45) is 45.0 Å². The van der Waals surface area contributed by atoms with E-state index in [1.165, 1.54) is 13.2 Å². The number of Topliss-reactive ketones (excluding diaryl/α,β-unsaturated/α-hetero) is 1. The van der Waals surface area contributed by atoms with Crippen molar-refractivity contribution in [3.05, 3.63) is 58.0 Å². The van der Waals surface area contributed by atoms with Gasteiger partial charge in [-0.15, -0.1) is 0 Å². The Morgan fingerprint density at radius 2 is 1.61 bits per heavy atom. The van der Waals surface area contributed by atoms with Gasteiger partial charge in [-0.2, -0.15) is 0 Å². The molecular weight excluding hydrogens is 905 g/mol. The zero-order chi connectivity index (χ0) is 51.7. The maximum Gasteiger partial charge on any atom is 0.410 e. The molecule has 0 aliphatic carbocycles. The van der Waals surface area contributed by atoms with Gasteiger partial charge in [0.05, 0.1) is 28.7 Å². The number of carbonyl (C=O) groups is 3. The second-order valence-corrected chi connectivity index (χ2v) is 22.2. The Kier molecular flexibility index (Phi) is 16.3. The van der Waals surface area contributed by atoms with Crippen LogP contribution in [0.4, 0.5) is 10.5 Å². The van der Waals surface area contributed by atoms with Crippen molar-refractivity contribution in [3.63, 3.8) is 0 Å². The van der Waals surface area contributed by atoms with Gasteiger partial charge in [0.1, 0.15) is 28.6 Å². The summed E-state index contributed by atoms with van der Waals surface area (Å²) in [6, 6.07) is 0. The molecule has 2 aromatic carbocycles. The first kappa shape index (κ1) is 53.8. The Morgan fingerprint density at radius 3 is 2.28 bits per heavy atom. The number of aliphatic hydroxyl groups excluding tert-OH is 2. The smallest absolute Gasteiger partial charge is 0.410 e. The molecule has 7 aliphatic heterocycles. The number of benzene rings is 2. The van der Waals surface area contributed by atoms with Crippen LogP contribution in [-0.2, 0) is 14.3 Å². The largest absolute Gasteiger partial charge is 0.507 e. The molecule has 7 heterocycles. The van der Waals surface area contributed by atoms with E-state index in [2.05, 4.69) is 42.9 Å². The van der Waals surface area contributed by atoms with Crippen molar-refractivity contribution in [1.29, 1.82) is 0 Å². The molecule has 0 aromatic heterocycles. The first-order valence-electron chi connectivity index (χ1n) is 25.9. The number of fused-ring (bicyclic) bond motifs is 13. The zero-order valence-corrected chi connectivity index (χ0v) is 44.0. The molecule has 3 fully saturated rings. The predicted octanol–water partition coefficient (Wildman–Crippen LogP) is 7.14. The van der Waals surface area contributed by atoms with Crippen molar-refractivity contribution in [3.8, 4) is 17.2 Å². The summed E-state index contributed by atoms with van der Waals surface area (Å²) >= 11 is 0. The van der Waals surface area contributed by atoms with Crippen LogP contribution in [0.1, 0.15) is 123 Å². The number of aromatic hydroxyl groups is 2. The minimum atomic E-state index is -1.87. The van der Waals surface area contributed by atoms with E-state index in [1.54, 1.807) is 26.0 Å². The van der Waals surface area contributed by atoms with E-state index < -0.39 is 47.0 Å². The third kappa shape index (κ3) is 10.9. The summed E-state index contributed by atoms with van der Waals surface area (Å²) in [5.74, 6) is -3.94. The number of phenols is 2. The van der Waals surface area contributed by atoms with Crippen LogP contribution in [0.15, 0.2) is 46.1 Å². The van der Waals surface area contributed by atoms with Gasteiger partial charge in [0, 0.05) is 82.0 Å². The highest BCUT2D eigenvalue weighted by atomic mass is 16.7. The first-order chi connectivity index (χ1) is 33.6. The fourth-order valence-corrected chi connectivity index (χ4v) is 11.9. The van der Waals surface area contributed by atoms with Crippen LogP contribution in [0.25, 0.3) is 10.8 Å². The summed E-state index contributed by atoms with van der Waals surface area (Å²) in [4.78, 5) is 60.1. The van der Waals surface area contributed by atoms with E-state index in [-0.39, 0.29) is 79.1 Å². The average molecular weight is 985 g/mol. The number of amides is 2. The number of piperidine rings is 3. The minimum Gasteiger partial charge on any atom is -0.507 e. The lowest BCUT2D eigenvalue weighted by molar-refractivity contribution is -0.112. The van der Waals surface area contributed by atoms with Gasteiger partial charge in [0.25, 0.3) is 11.7 Å². The van der Waals surface area contributed by atoms with Crippen molar-refractivity contribution in [2.75, 3.05) is 65.3 Å². The highest BCUT2D eigenvalue weighted by Gasteiger charge is 2.50. The van der Waals surface area contributed by atoms with E-state index in [1.807, 2.05) is 37.8 Å². The van der Waals surface area contributed by atoms with Crippen LogP contribution in [0, 0.1) is 41.9 Å². The predicted molar refractivity (Wildman–Crippen MR) is 273 cm³/mol. The lowest BCUT2D eigenvalue weighted by atomic mass is 9.72. The number of nitrogens with one attached hydrogen (secondary N) is 1. The number of allylic oxidation sites excluding steroid dienone is 4. The highest BCUT2D eigenvalue weighted by molar-refractivity contribution is 6.19. The van der Waals surface area contributed by atoms with Gasteiger partial charge in [0.15, 0.2) is 11.4 Å². The van der Waals surface area contributed by atoms with Crippen LogP contribution < -0.4 is 20.8 Å². The summed E-state index contributed by atoms with van der Waals surface area (Å²) in [7, 11) is 3.15. The van der Waals surface area contributed by atoms with E-state index in [4.69, 9.17) is 29.3 Å². The number of carbonyl (C=O) groups excluding carboxylic acids is 3. The molecule has 2 spiro atoms. The van der Waals surface area contributed by atoms with Gasteiger partial charge in [-0.05, 0) is 108 Å². The molecule has 390 valence electrons. The summed E-state index contributed by atoms with van der Waals surface area (Å²) in [5.41, 5.74) is -0.184.